The summed E-state index contributed by atoms with van der Waals surface area (Å²) in [5, 5.41) is 1.33. The van der Waals surface area contributed by atoms with Crippen LogP contribution in [0.3, 0.4) is 0 Å². The molecule has 20 radical (unpaired) electrons. The molecule has 1 aromatic rings. The largest absolute Gasteiger partial charge is 2.00 e. The smallest absolute Gasteiger partial charge is 0.299 e. The second kappa shape index (κ2) is 17.9. The first kappa shape index (κ1) is 32.6. The van der Waals surface area contributed by atoms with Gasteiger partial charge in [-0.15, -0.1) is 0 Å². The molecule has 4 aliphatic rings. The van der Waals surface area contributed by atoms with E-state index in [0.29, 0.717) is 0 Å². The van der Waals surface area contributed by atoms with Crippen LogP contribution in [0.15, 0.2) is 30.3 Å². The summed E-state index contributed by atoms with van der Waals surface area (Å²) in [5.41, 5.74) is 1.04. The van der Waals surface area contributed by atoms with E-state index in [2.05, 4.69) is 101 Å². The molecule has 174 valence electrons. The Morgan fingerprint density at radius 2 is 1.06 bits per heavy atom. The number of rotatable bonds is 5. The van der Waals surface area contributed by atoms with Crippen molar-refractivity contribution in [2.75, 3.05) is 20.4 Å². The van der Waals surface area contributed by atoms with Crippen molar-refractivity contribution < 1.29 is 34.1 Å². The van der Waals surface area contributed by atoms with Gasteiger partial charge in [-0.05, 0) is 135 Å². The predicted octanol–water partition coefficient (Wildman–Crippen LogP) is 5.98. The van der Waals surface area contributed by atoms with Gasteiger partial charge in [0.25, 0.3) is 0 Å². The third-order valence-electron chi connectivity index (χ3n) is 5.44. The zero-order valence-electron chi connectivity index (χ0n) is 19.8. The summed E-state index contributed by atoms with van der Waals surface area (Å²) in [5.74, 6) is 2.66. The molecule has 5 rings (SSSR count). The maximum absolute atomic E-state index is 2.33. The van der Waals surface area contributed by atoms with Crippen LogP contribution in [0.1, 0.15) is 5.56 Å². The molecule has 4 heteroatoms. The predicted molar refractivity (Wildman–Crippen MR) is 138 cm³/mol. The number of nitrogens with zero attached hydrogens (tertiary/aromatic N) is 1. The minimum atomic E-state index is -0.257. The van der Waals surface area contributed by atoms with Gasteiger partial charge in [-0.2, -0.15) is 11.8 Å². The van der Waals surface area contributed by atoms with Crippen molar-refractivity contribution in [3.8, 4) is 0 Å². The van der Waals surface area contributed by atoms with Crippen molar-refractivity contribution in [3.05, 3.63) is 162 Å². The van der Waals surface area contributed by atoms with Gasteiger partial charge in [0.15, 0.2) is 0 Å². The van der Waals surface area contributed by atoms with Gasteiger partial charge in [-0.3, -0.25) is 4.90 Å². The molecule has 4 aliphatic carbocycles. The van der Waals surface area contributed by atoms with E-state index in [0.717, 1.165) is 0 Å². The van der Waals surface area contributed by atoms with Crippen LogP contribution < -0.4 is 0 Å². The van der Waals surface area contributed by atoms with E-state index in [1.165, 1.54) is 22.6 Å². The summed E-state index contributed by atoms with van der Waals surface area (Å²) in [6, 6.07) is 10.8. The summed E-state index contributed by atoms with van der Waals surface area (Å²) in [6.45, 7) is 0. The van der Waals surface area contributed by atoms with Crippen molar-refractivity contribution in [2.24, 2.45) is 0 Å². The Kier molecular flexibility index (Phi) is 17.2. The van der Waals surface area contributed by atoms with E-state index in [9.17, 15) is 0 Å². The van der Waals surface area contributed by atoms with Crippen LogP contribution in [-0.4, -0.2) is 25.3 Å². The summed E-state index contributed by atoms with van der Waals surface area (Å²) >= 11 is 1.81. The minimum Gasteiger partial charge on any atom is -0.299 e. The molecule has 0 amide bonds. The monoisotopic (exact) mass is 549 g/mol. The van der Waals surface area contributed by atoms with Gasteiger partial charge in [-0.1, -0.05) is 30.3 Å². The Bertz CT molecular complexity index is 586. The normalized spacial score (nSPS) is 22.7. The fourth-order valence-electron chi connectivity index (χ4n) is 4.05. The third kappa shape index (κ3) is 8.56. The Labute approximate surface area is 237 Å². The summed E-state index contributed by atoms with van der Waals surface area (Å²) in [7, 11) is 4.33. The zero-order chi connectivity index (χ0) is 22.7. The fraction of sp³-hybridized carbons (Fsp3) is 0.133. The quantitative estimate of drug-likeness (QED) is 0.416. The second-order valence-electron chi connectivity index (χ2n) is 7.58. The van der Waals surface area contributed by atoms with E-state index in [4.69, 9.17) is 0 Å². The molecule has 0 aliphatic heterocycles. The molecule has 0 heterocycles. The Hall–Kier alpha value is 0.569. The van der Waals surface area contributed by atoms with Gasteiger partial charge < -0.3 is 0 Å². The van der Waals surface area contributed by atoms with E-state index in [1.54, 1.807) is 0 Å². The van der Waals surface area contributed by atoms with Crippen LogP contribution in [0.25, 0.3) is 0 Å². The molecule has 1 nitrogen and oxygen atoms in total. The molecule has 0 spiro atoms. The SMILES string of the molecule is CS[C]1[CH][CH][CH][C]1[C@@]([C]1[CH][CH][CH][CH]1)(c1ccccc1)N(C)C.[CH]1[CH][CH][CH][CH]1.[CH]1[CH][CH][CH][CH]1.[Fe+2].[Fe+2]. The van der Waals surface area contributed by atoms with E-state index >= 15 is 0 Å². The van der Waals surface area contributed by atoms with Crippen LogP contribution in [-0.2, 0) is 39.7 Å². The Morgan fingerprint density at radius 1 is 0.588 bits per heavy atom. The molecule has 0 aromatic heterocycles. The van der Waals surface area contributed by atoms with Crippen LogP contribution in [0, 0.1) is 126 Å². The van der Waals surface area contributed by atoms with Gasteiger partial charge in [0.2, 0.25) is 0 Å². The summed E-state index contributed by atoms with van der Waals surface area (Å²) in [6.07, 6.45) is 37.5. The van der Waals surface area contributed by atoms with Crippen molar-refractivity contribution in [3.63, 3.8) is 0 Å². The molecule has 0 saturated heterocycles. The van der Waals surface area contributed by atoms with Crippen molar-refractivity contribution in [2.45, 2.75) is 5.54 Å². The van der Waals surface area contributed by atoms with E-state index in [1.807, 2.05) is 76.0 Å². The van der Waals surface area contributed by atoms with E-state index < -0.39 is 0 Å². The molecular weight excluding hydrogens is 518 g/mol. The first-order chi connectivity index (χ1) is 15.7. The van der Waals surface area contributed by atoms with Gasteiger partial charge >= 0.3 is 34.1 Å². The average molecular weight is 549 g/mol. The molecule has 1 atom stereocenters. The van der Waals surface area contributed by atoms with Crippen LogP contribution in [0.5, 0.6) is 0 Å². The molecule has 0 bridgehead atoms. The summed E-state index contributed by atoms with van der Waals surface area (Å²) in [4.78, 5) is 2.33. The summed E-state index contributed by atoms with van der Waals surface area (Å²) < 4.78 is 0. The molecule has 1 aromatic carbocycles. The first-order valence-electron chi connectivity index (χ1n) is 10.8. The standard InChI is InChI=1S/C20H21NS.2C5H5.2Fe/c1-21(2)20(17-12-7-8-13-17,16-10-5-4-6-11-16)18-14-9-15-19(18)22-3;2*1-2-4-5-3-1;;/h4-15H,1-3H3;2*1-5H;;/q;;;2*+2/t20-;;;;/m0..../s1. The van der Waals surface area contributed by atoms with Crippen molar-refractivity contribution >= 4 is 11.8 Å². The number of hydrogen-bond donors (Lipinski definition) is 0. The van der Waals surface area contributed by atoms with Crippen LogP contribution >= 0.6 is 11.8 Å². The van der Waals surface area contributed by atoms with Crippen LogP contribution in [0.2, 0.25) is 0 Å². The topological polar surface area (TPSA) is 3.24 Å². The molecule has 4 saturated carbocycles. The van der Waals surface area contributed by atoms with Gasteiger partial charge in [0.05, 0.1) is 5.54 Å². The van der Waals surface area contributed by atoms with Gasteiger partial charge in [-0.25, -0.2) is 0 Å². The minimum absolute atomic E-state index is 0. The molecule has 4 fully saturated rings. The average Bonchev–Trinajstić information content (AvgIpc) is 3.63. The number of hydrogen-bond acceptors (Lipinski definition) is 2. The van der Waals surface area contributed by atoms with Gasteiger partial charge in [0.1, 0.15) is 0 Å². The maximum Gasteiger partial charge on any atom is 2.00 e. The zero-order valence-corrected chi connectivity index (χ0v) is 22.8. The van der Waals surface area contributed by atoms with Gasteiger partial charge in [0, 0.05) is 17.1 Å². The second-order valence-corrected chi connectivity index (χ2v) is 8.42. The maximum atomic E-state index is 2.33. The number of benzene rings is 1. The van der Waals surface area contributed by atoms with Crippen LogP contribution in [0.4, 0.5) is 0 Å². The fourth-order valence-corrected chi connectivity index (χ4v) is 4.70. The van der Waals surface area contributed by atoms with Crippen molar-refractivity contribution in [1.29, 1.82) is 0 Å². The molecular formula is C30H31Fe2NS+4. The van der Waals surface area contributed by atoms with Crippen molar-refractivity contribution in [1.82, 2.24) is 4.90 Å². The number of thioether (sulfide) groups is 1. The molecule has 0 unspecified atom stereocenters. The molecule has 34 heavy (non-hydrogen) atoms. The van der Waals surface area contributed by atoms with E-state index in [-0.39, 0.29) is 39.7 Å². The third-order valence-corrected chi connectivity index (χ3v) is 6.24. The first-order valence-corrected chi connectivity index (χ1v) is 12.0. The Balaban J connectivity index is 0.000000399. The Morgan fingerprint density at radius 3 is 1.47 bits per heavy atom. The molecule has 0 N–H and O–H groups in total.